The molecule has 1 nitrogen and oxygen atoms in total. The van der Waals surface area contributed by atoms with Gasteiger partial charge in [-0.2, -0.15) is 0 Å². The van der Waals surface area contributed by atoms with E-state index in [0.717, 1.165) is 11.3 Å². The fraction of sp³-hybridized carbons (Fsp3) is 1.00. The van der Waals surface area contributed by atoms with Crippen LogP contribution >= 0.6 is 0 Å². The Morgan fingerprint density at radius 2 is 1.89 bits per heavy atom. The Bertz CT molecular complexity index is 112. The van der Waals surface area contributed by atoms with Gasteiger partial charge in [0, 0.05) is 6.54 Å². The van der Waals surface area contributed by atoms with Gasteiger partial charge < -0.3 is 4.90 Å². The van der Waals surface area contributed by atoms with Crippen molar-refractivity contribution in [1.82, 2.24) is 4.90 Å². The van der Waals surface area contributed by atoms with Crippen molar-refractivity contribution < 1.29 is 0 Å². The minimum Gasteiger partial charge on any atom is -0.309 e. The van der Waals surface area contributed by atoms with Crippen molar-refractivity contribution in [3.63, 3.8) is 0 Å². The zero-order chi connectivity index (χ0) is 6.48. The zero-order valence-corrected chi connectivity index (χ0v) is 6.35. The van der Waals surface area contributed by atoms with E-state index in [2.05, 4.69) is 19.0 Å². The van der Waals surface area contributed by atoms with Crippen molar-refractivity contribution in [3.05, 3.63) is 0 Å². The molecule has 3 aliphatic rings. The van der Waals surface area contributed by atoms with Crippen LogP contribution in [0.1, 0.15) is 19.3 Å². The predicted octanol–water partition coefficient (Wildman–Crippen LogP) is 1.35. The maximum absolute atomic E-state index is 2.33. The SMILES string of the molecule is CN(C)CC12CC(C1)C2. The molecule has 0 amide bonds. The molecule has 0 heterocycles. The van der Waals surface area contributed by atoms with Gasteiger partial charge in [0.1, 0.15) is 0 Å². The van der Waals surface area contributed by atoms with Crippen LogP contribution in [-0.2, 0) is 0 Å². The normalized spacial score (nSPS) is 46.3. The van der Waals surface area contributed by atoms with Crippen LogP contribution in [0.5, 0.6) is 0 Å². The molecule has 0 aromatic carbocycles. The van der Waals surface area contributed by atoms with Crippen molar-refractivity contribution in [3.8, 4) is 0 Å². The maximum Gasteiger partial charge on any atom is 0.00322 e. The highest BCUT2D eigenvalue weighted by atomic mass is 15.1. The maximum atomic E-state index is 2.33. The molecule has 0 saturated heterocycles. The van der Waals surface area contributed by atoms with Crippen LogP contribution in [0.4, 0.5) is 0 Å². The lowest BCUT2D eigenvalue weighted by Crippen LogP contribution is -2.56. The van der Waals surface area contributed by atoms with Gasteiger partial charge in [-0.15, -0.1) is 0 Å². The van der Waals surface area contributed by atoms with Crippen molar-refractivity contribution in [1.29, 1.82) is 0 Å². The summed E-state index contributed by atoms with van der Waals surface area (Å²) in [4.78, 5) is 2.33. The molecule has 3 fully saturated rings. The van der Waals surface area contributed by atoms with Gasteiger partial charge in [0.2, 0.25) is 0 Å². The van der Waals surface area contributed by atoms with Crippen LogP contribution < -0.4 is 0 Å². The topological polar surface area (TPSA) is 3.24 Å². The lowest BCUT2D eigenvalue weighted by Gasteiger charge is -2.63. The average molecular weight is 125 g/mol. The van der Waals surface area contributed by atoms with E-state index in [1.165, 1.54) is 25.8 Å². The summed E-state index contributed by atoms with van der Waals surface area (Å²) in [7, 11) is 4.36. The van der Waals surface area contributed by atoms with E-state index < -0.39 is 0 Å². The Kier molecular flexibility index (Phi) is 0.963. The molecule has 3 saturated carbocycles. The summed E-state index contributed by atoms with van der Waals surface area (Å²) in [5, 5.41) is 0. The van der Waals surface area contributed by atoms with Gasteiger partial charge in [-0.25, -0.2) is 0 Å². The average Bonchev–Trinajstić information content (AvgIpc) is 1.50. The summed E-state index contributed by atoms with van der Waals surface area (Å²) in [5.74, 6) is 1.14. The van der Waals surface area contributed by atoms with Crippen molar-refractivity contribution >= 4 is 0 Å². The standard InChI is InChI=1S/C8H15N/c1-9(2)6-8-3-7(4-8)5-8/h7H,3-6H2,1-2H3. The first-order chi connectivity index (χ1) is 4.20. The second-order valence-corrected chi connectivity index (χ2v) is 4.22. The van der Waals surface area contributed by atoms with Crippen LogP contribution in [0.15, 0.2) is 0 Å². The zero-order valence-electron chi connectivity index (χ0n) is 6.35. The monoisotopic (exact) mass is 125 g/mol. The molecular weight excluding hydrogens is 110 g/mol. The highest BCUT2D eigenvalue weighted by Crippen LogP contribution is 2.64. The Labute approximate surface area is 57.0 Å². The number of hydrogen-bond acceptors (Lipinski definition) is 1. The van der Waals surface area contributed by atoms with E-state index in [-0.39, 0.29) is 0 Å². The smallest absolute Gasteiger partial charge is 0.00322 e. The van der Waals surface area contributed by atoms with Gasteiger partial charge >= 0.3 is 0 Å². The molecule has 1 heteroatoms. The van der Waals surface area contributed by atoms with Crippen LogP contribution in [-0.4, -0.2) is 25.5 Å². The minimum atomic E-state index is 0.814. The second kappa shape index (κ2) is 1.51. The molecule has 0 spiro atoms. The molecule has 3 rings (SSSR count). The molecule has 2 bridgehead atoms. The molecule has 0 aromatic heterocycles. The van der Waals surface area contributed by atoms with Crippen molar-refractivity contribution in [2.45, 2.75) is 19.3 Å². The number of hydrogen-bond donors (Lipinski definition) is 0. The summed E-state index contributed by atoms with van der Waals surface area (Å²) in [6.45, 7) is 1.34. The summed E-state index contributed by atoms with van der Waals surface area (Å²) >= 11 is 0. The van der Waals surface area contributed by atoms with Gasteiger partial charge in [0.15, 0.2) is 0 Å². The summed E-state index contributed by atoms with van der Waals surface area (Å²) < 4.78 is 0. The van der Waals surface area contributed by atoms with E-state index >= 15 is 0 Å². The first-order valence-corrected chi connectivity index (χ1v) is 3.85. The second-order valence-electron chi connectivity index (χ2n) is 4.22. The Morgan fingerprint density at radius 3 is 2.00 bits per heavy atom. The first-order valence-electron chi connectivity index (χ1n) is 3.85. The molecule has 0 N–H and O–H groups in total. The van der Waals surface area contributed by atoms with E-state index in [1.54, 1.807) is 0 Å². The quantitative estimate of drug-likeness (QED) is 0.538. The highest BCUT2D eigenvalue weighted by Gasteiger charge is 2.56. The van der Waals surface area contributed by atoms with E-state index in [4.69, 9.17) is 0 Å². The summed E-state index contributed by atoms with van der Waals surface area (Å²) in [6, 6.07) is 0. The lowest BCUT2D eigenvalue weighted by molar-refractivity contribution is -0.118. The molecule has 0 aliphatic heterocycles. The van der Waals surface area contributed by atoms with Gasteiger partial charge in [-0.3, -0.25) is 0 Å². The Balaban J connectivity index is 1.85. The number of rotatable bonds is 2. The number of nitrogens with zero attached hydrogens (tertiary/aromatic N) is 1. The summed E-state index contributed by atoms with van der Waals surface area (Å²) in [6.07, 6.45) is 4.60. The Hall–Kier alpha value is -0.0400. The third-order valence-corrected chi connectivity index (χ3v) is 2.82. The molecule has 0 atom stereocenters. The Morgan fingerprint density at radius 1 is 1.33 bits per heavy atom. The van der Waals surface area contributed by atoms with E-state index in [0.29, 0.717) is 0 Å². The van der Waals surface area contributed by atoms with Gasteiger partial charge in [0.25, 0.3) is 0 Å². The van der Waals surface area contributed by atoms with E-state index in [9.17, 15) is 0 Å². The summed E-state index contributed by atoms with van der Waals surface area (Å²) in [5.41, 5.74) is 0.814. The highest BCUT2D eigenvalue weighted by molar-refractivity contribution is 5.07. The van der Waals surface area contributed by atoms with Gasteiger partial charge in [0.05, 0.1) is 0 Å². The molecule has 0 unspecified atom stereocenters. The first kappa shape index (κ1) is 5.72. The minimum absolute atomic E-state index is 0.814. The molecule has 52 valence electrons. The molecule has 3 aliphatic carbocycles. The third-order valence-electron chi connectivity index (χ3n) is 2.82. The fourth-order valence-electron chi connectivity index (χ4n) is 2.52. The molecule has 9 heavy (non-hydrogen) atoms. The van der Waals surface area contributed by atoms with E-state index in [1.807, 2.05) is 0 Å². The van der Waals surface area contributed by atoms with Crippen LogP contribution in [0.25, 0.3) is 0 Å². The molecule has 0 radical (unpaired) electrons. The van der Waals surface area contributed by atoms with Crippen LogP contribution in [0, 0.1) is 11.3 Å². The largest absolute Gasteiger partial charge is 0.309 e. The van der Waals surface area contributed by atoms with Crippen LogP contribution in [0.2, 0.25) is 0 Å². The molecular formula is C8H15N. The van der Waals surface area contributed by atoms with Gasteiger partial charge in [-0.1, -0.05) is 0 Å². The molecule has 0 aromatic rings. The van der Waals surface area contributed by atoms with Crippen molar-refractivity contribution in [2.75, 3.05) is 20.6 Å². The lowest BCUT2D eigenvalue weighted by atomic mass is 9.44. The fourth-order valence-corrected chi connectivity index (χ4v) is 2.52. The van der Waals surface area contributed by atoms with Crippen molar-refractivity contribution in [2.24, 2.45) is 11.3 Å². The predicted molar refractivity (Wildman–Crippen MR) is 38.3 cm³/mol. The van der Waals surface area contributed by atoms with Crippen LogP contribution in [0.3, 0.4) is 0 Å². The van der Waals surface area contributed by atoms with Gasteiger partial charge in [-0.05, 0) is 44.7 Å². The third kappa shape index (κ3) is 0.710.